The molecule has 0 atom stereocenters. The van der Waals surface area contributed by atoms with Gasteiger partial charge in [0.2, 0.25) is 0 Å². The molecule has 7 nitrogen and oxygen atoms in total. The number of ether oxygens (including phenoxy) is 1. The van der Waals surface area contributed by atoms with Gasteiger partial charge in [-0.3, -0.25) is 9.48 Å². The number of aryl methyl sites for hydroxylation is 1. The van der Waals surface area contributed by atoms with E-state index in [2.05, 4.69) is 31.4 Å². The zero-order chi connectivity index (χ0) is 17.8. The van der Waals surface area contributed by atoms with Crippen LogP contribution in [0.3, 0.4) is 0 Å². The minimum absolute atomic E-state index is 0.203. The van der Waals surface area contributed by atoms with Crippen LogP contribution in [0.1, 0.15) is 23.0 Å². The van der Waals surface area contributed by atoms with E-state index in [1.807, 2.05) is 38.1 Å². The predicted molar refractivity (Wildman–Crippen MR) is 97.6 cm³/mol. The smallest absolute Gasteiger partial charge is 0.259 e. The Morgan fingerprint density at radius 2 is 2.00 bits per heavy atom. The van der Waals surface area contributed by atoms with Gasteiger partial charge in [-0.05, 0) is 38.1 Å². The van der Waals surface area contributed by atoms with Crippen LogP contribution in [0.4, 0.5) is 5.69 Å². The molecule has 0 aliphatic carbocycles. The molecule has 0 unspecified atom stereocenters. The molecule has 25 heavy (non-hydrogen) atoms. The number of carbonyl (C=O) groups excluding carboxylic acids is 1. The number of nitrogens with zero attached hydrogens (tertiary/aromatic N) is 4. The van der Waals surface area contributed by atoms with E-state index in [9.17, 15) is 4.79 Å². The van der Waals surface area contributed by atoms with Crippen molar-refractivity contribution in [1.29, 1.82) is 0 Å². The SMILES string of the molecule is CCn1ncc(C(=O)Nc2cnn(COc3ccc(Br)cc3)c2)c1C. The van der Waals surface area contributed by atoms with Gasteiger partial charge in [0.25, 0.3) is 5.91 Å². The minimum atomic E-state index is -0.203. The summed E-state index contributed by atoms with van der Waals surface area (Å²) in [4.78, 5) is 12.3. The molecule has 0 radical (unpaired) electrons. The molecule has 3 rings (SSSR count). The summed E-state index contributed by atoms with van der Waals surface area (Å²) in [6, 6.07) is 7.54. The Morgan fingerprint density at radius 1 is 1.24 bits per heavy atom. The molecule has 0 saturated carbocycles. The molecule has 0 spiro atoms. The average molecular weight is 404 g/mol. The predicted octanol–water partition coefficient (Wildman–Crippen LogP) is 3.46. The van der Waals surface area contributed by atoms with Crippen molar-refractivity contribution in [1.82, 2.24) is 19.6 Å². The van der Waals surface area contributed by atoms with Crippen molar-refractivity contribution >= 4 is 27.5 Å². The van der Waals surface area contributed by atoms with Crippen molar-refractivity contribution in [3.8, 4) is 5.75 Å². The number of benzene rings is 1. The lowest BCUT2D eigenvalue weighted by Crippen LogP contribution is -2.13. The number of rotatable bonds is 6. The first-order valence-electron chi connectivity index (χ1n) is 7.81. The summed E-state index contributed by atoms with van der Waals surface area (Å²) in [5, 5.41) is 11.2. The molecule has 0 saturated heterocycles. The zero-order valence-electron chi connectivity index (χ0n) is 13.9. The summed E-state index contributed by atoms with van der Waals surface area (Å²) in [7, 11) is 0. The summed E-state index contributed by atoms with van der Waals surface area (Å²) in [6.07, 6.45) is 4.88. The number of hydrogen-bond acceptors (Lipinski definition) is 4. The zero-order valence-corrected chi connectivity index (χ0v) is 15.5. The topological polar surface area (TPSA) is 74.0 Å². The Labute approximate surface area is 153 Å². The van der Waals surface area contributed by atoms with Gasteiger partial charge >= 0.3 is 0 Å². The number of nitrogens with one attached hydrogen (secondary N) is 1. The second kappa shape index (κ2) is 7.52. The maximum atomic E-state index is 12.3. The van der Waals surface area contributed by atoms with Crippen LogP contribution in [-0.2, 0) is 13.3 Å². The summed E-state index contributed by atoms with van der Waals surface area (Å²) in [5.74, 6) is 0.539. The molecular weight excluding hydrogens is 386 g/mol. The average Bonchev–Trinajstić information content (AvgIpc) is 3.20. The molecule has 130 valence electrons. The minimum Gasteiger partial charge on any atom is -0.471 e. The molecule has 2 aromatic heterocycles. The van der Waals surface area contributed by atoms with Crippen LogP contribution in [0.5, 0.6) is 5.75 Å². The van der Waals surface area contributed by atoms with Crippen LogP contribution < -0.4 is 10.1 Å². The Morgan fingerprint density at radius 3 is 2.68 bits per heavy atom. The second-order valence-electron chi connectivity index (χ2n) is 5.41. The van der Waals surface area contributed by atoms with Crippen molar-refractivity contribution in [3.63, 3.8) is 0 Å². The number of halogens is 1. The Bertz CT molecular complexity index is 870. The molecule has 0 bridgehead atoms. The fourth-order valence-corrected chi connectivity index (χ4v) is 2.62. The lowest BCUT2D eigenvalue weighted by atomic mass is 10.2. The van der Waals surface area contributed by atoms with E-state index in [1.54, 1.807) is 28.0 Å². The van der Waals surface area contributed by atoms with Gasteiger partial charge in [-0.1, -0.05) is 15.9 Å². The van der Waals surface area contributed by atoms with Crippen molar-refractivity contribution in [3.05, 3.63) is 58.6 Å². The van der Waals surface area contributed by atoms with E-state index in [4.69, 9.17) is 4.74 Å². The van der Waals surface area contributed by atoms with E-state index in [-0.39, 0.29) is 12.6 Å². The maximum Gasteiger partial charge on any atom is 0.259 e. The summed E-state index contributed by atoms with van der Waals surface area (Å²) in [6.45, 7) is 4.84. The highest BCUT2D eigenvalue weighted by atomic mass is 79.9. The molecule has 1 amide bonds. The molecule has 1 aromatic carbocycles. The van der Waals surface area contributed by atoms with Gasteiger partial charge in [0.05, 0.1) is 29.8 Å². The summed E-state index contributed by atoms with van der Waals surface area (Å²) < 4.78 is 10.0. The molecule has 0 aliphatic heterocycles. The largest absolute Gasteiger partial charge is 0.471 e. The van der Waals surface area contributed by atoms with E-state index in [0.717, 1.165) is 22.5 Å². The standard InChI is InChI=1S/C17H18BrN5O2/c1-3-23-12(2)16(9-20-23)17(24)21-14-8-19-22(10-14)11-25-15-6-4-13(18)5-7-15/h4-10H,3,11H2,1-2H3,(H,21,24). The second-order valence-corrected chi connectivity index (χ2v) is 6.33. The number of aromatic nitrogens is 4. The number of amides is 1. The van der Waals surface area contributed by atoms with Crippen LogP contribution in [0, 0.1) is 6.92 Å². The van der Waals surface area contributed by atoms with Gasteiger partial charge in [-0.2, -0.15) is 10.2 Å². The van der Waals surface area contributed by atoms with Crippen molar-refractivity contribution in [2.75, 3.05) is 5.32 Å². The van der Waals surface area contributed by atoms with Gasteiger partial charge in [0, 0.05) is 16.7 Å². The van der Waals surface area contributed by atoms with Gasteiger partial charge in [-0.25, -0.2) is 4.68 Å². The van der Waals surface area contributed by atoms with Crippen LogP contribution in [0.15, 0.2) is 47.3 Å². The van der Waals surface area contributed by atoms with Crippen LogP contribution in [-0.4, -0.2) is 25.5 Å². The third-order valence-corrected chi connectivity index (χ3v) is 4.24. The first kappa shape index (κ1) is 17.2. The molecule has 3 aromatic rings. The van der Waals surface area contributed by atoms with Crippen molar-refractivity contribution in [2.45, 2.75) is 27.1 Å². The molecular formula is C17H18BrN5O2. The Kier molecular flexibility index (Phi) is 5.18. The maximum absolute atomic E-state index is 12.3. The number of anilines is 1. The third-order valence-electron chi connectivity index (χ3n) is 3.72. The molecule has 2 heterocycles. The van der Waals surface area contributed by atoms with E-state index in [1.165, 1.54) is 0 Å². The highest BCUT2D eigenvalue weighted by molar-refractivity contribution is 9.10. The Hall–Kier alpha value is -2.61. The quantitative estimate of drug-likeness (QED) is 0.683. The fraction of sp³-hybridized carbons (Fsp3) is 0.235. The van der Waals surface area contributed by atoms with Gasteiger partial charge in [0.15, 0.2) is 6.73 Å². The first-order chi connectivity index (χ1) is 12.1. The highest BCUT2D eigenvalue weighted by Crippen LogP contribution is 2.17. The monoisotopic (exact) mass is 403 g/mol. The normalized spacial score (nSPS) is 10.7. The van der Waals surface area contributed by atoms with Crippen LogP contribution in [0.25, 0.3) is 0 Å². The van der Waals surface area contributed by atoms with Crippen molar-refractivity contribution < 1.29 is 9.53 Å². The van der Waals surface area contributed by atoms with E-state index >= 15 is 0 Å². The summed E-state index contributed by atoms with van der Waals surface area (Å²) in [5.41, 5.74) is 2.00. The van der Waals surface area contributed by atoms with Crippen LogP contribution >= 0.6 is 15.9 Å². The van der Waals surface area contributed by atoms with E-state index < -0.39 is 0 Å². The molecule has 0 aliphatic rings. The fourth-order valence-electron chi connectivity index (χ4n) is 2.36. The van der Waals surface area contributed by atoms with Gasteiger partial charge in [0.1, 0.15) is 5.75 Å². The molecule has 8 heteroatoms. The van der Waals surface area contributed by atoms with Crippen molar-refractivity contribution in [2.24, 2.45) is 0 Å². The number of carbonyl (C=O) groups is 1. The lowest BCUT2D eigenvalue weighted by molar-refractivity contribution is 0.102. The van der Waals surface area contributed by atoms with Crippen LogP contribution in [0.2, 0.25) is 0 Å². The lowest BCUT2D eigenvalue weighted by Gasteiger charge is -2.06. The Balaban J connectivity index is 1.60. The third kappa shape index (κ3) is 4.08. The first-order valence-corrected chi connectivity index (χ1v) is 8.60. The summed E-state index contributed by atoms with van der Waals surface area (Å²) >= 11 is 3.38. The van der Waals surface area contributed by atoms with E-state index in [0.29, 0.717) is 11.3 Å². The highest BCUT2D eigenvalue weighted by Gasteiger charge is 2.14. The number of hydrogen-bond donors (Lipinski definition) is 1. The van der Waals surface area contributed by atoms with Gasteiger partial charge < -0.3 is 10.1 Å². The van der Waals surface area contributed by atoms with Gasteiger partial charge in [-0.15, -0.1) is 0 Å². The molecule has 1 N–H and O–H groups in total. The molecule has 0 fully saturated rings.